The Morgan fingerprint density at radius 3 is 2.64 bits per heavy atom. The molecular formula is C11H20N2O. The van der Waals surface area contributed by atoms with E-state index >= 15 is 0 Å². The van der Waals surface area contributed by atoms with E-state index in [0.717, 1.165) is 25.3 Å². The summed E-state index contributed by atoms with van der Waals surface area (Å²) in [6, 6.07) is 0.418. The number of hydrogen-bond donors (Lipinski definition) is 1. The van der Waals surface area contributed by atoms with E-state index < -0.39 is 0 Å². The summed E-state index contributed by atoms with van der Waals surface area (Å²) in [5.74, 6) is 0.829. The van der Waals surface area contributed by atoms with E-state index in [0.29, 0.717) is 6.04 Å². The minimum absolute atomic E-state index is 0.0451. The Kier molecular flexibility index (Phi) is 4.14. The van der Waals surface area contributed by atoms with Crippen LogP contribution in [0.4, 0.5) is 0 Å². The van der Waals surface area contributed by atoms with Gasteiger partial charge < -0.3 is 10.2 Å². The zero-order valence-electron chi connectivity index (χ0n) is 9.29. The molecule has 0 aliphatic heterocycles. The molecule has 3 nitrogen and oxygen atoms in total. The van der Waals surface area contributed by atoms with Crippen molar-refractivity contribution in [3.8, 4) is 0 Å². The fourth-order valence-corrected chi connectivity index (χ4v) is 1.64. The van der Waals surface area contributed by atoms with Gasteiger partial charge in [0.2, 0.25) is 5.91 Å². The normalized spacial score (nSPS) is 26.6. The van der Waals surface area contributed by atoms with E-state index in [9.17, 15) is 4.79 Å². The lowest BCUT2D eigenvalue weighted by Crippen LogP contribution is -2.42. The van der Waals surface area contributed by atoms with Crippen molar-refractivity contribution in [3.63, 3.8) is 0 Å². The molecule has 0 spiro atoms. The van der Waals surface area contributed by atoms with Crippen LogP contribution in [0.5, 0.6) is 0 Å². The highest BCUT2D eigenvalue weighted by Gasteiger charge is 2.25. The third-order valence-corrected chi connectivity index (χ3v) is 2.46. The number of rotatable bonds is 4. The van der Waals surface area contributed by atoms with E-state index in [1.807, 2.05) is 25.1 Å². The monoisotopic (exact) mass is 196 g/mol. The molecule has 0 bridgehead atoms. The summed E-state index contributed by atoms with van der Waals surface area (Å²) < 4.78 is 0. The van der Waals surface area contributed by atoms with Crippen LogP contribution < -0.4 is 5.32 Å². The van der Waals surface area contributed by atoms with E-state index in [4.69, 9.17) is 0 Å². The SMILES string of the molecule is CN(C)C/C=C/C(=O)N[C@H]1C[C@H](C)C1. The topological polar surface area (TPSA) is 32.3 Å². The third kappa shape index (κ3) is 3.92. The van der Waals surface area contributed by atoms with Crippen LogP contribution in [-0.4, -0.2) is 37.5 Å². The Morgan fingerprint density at radius 2 is 2.14 bits per heavy atom. The molecule has 1 amide bonds. The Morgan fingerprint density at radius 1 is 1.50 bits per heavy atom. The first-order valence-corrected chi connectivity index (χ1v) is 5.19. The van der Waals surface area contributed by atoms with Crippen molar-refractivity contribution in [2.75, 3.05) is 20.6 Å². The molecule has 0 aromatic carbocycles. The van der Waals surface area contributed by atoms with Gasteiger partial charge in [0.15, 0.2) is 0 Å². The standard InChI is InChI=1S/C11H20N2O/c1-9-7-10(8-9)12-11(14)5-4-6-13(2)3/h4-5,9-10H,6-8H2,1-3H3,(H,12,14)/b5-4+/t9-,10-. The molecule has 14 heavy (non-hydrogen) atoms. The predicted octanol–water partition coefficient (Wildman–Crippen LogP) is 1.02. The Balaban J connectivity index is 2.13. The van der Waals surface area contributed by atoms with Gasteiger partial charge in [-0.15, -0.1) is 0 Å². The van der Waals surface area contributed by atoms with Gasteiger partial charge in [0.25, 0.3) is 0 Å². The highest BCUT2D eigenvalue weighted by molar-refractivity contribution is 5.87. The molecule has 1 fully saturated rings. The Bertz CT molecular complexity index is 217. The maximum absolute atomic E-state index is 11.3. The number of hydrogen-bond acceptors (Lipinski definition) is 2. The molecular weight excluding hydrogens is 176 g/mol. The maximum Gasteiger partial charge on any atom is 0.243 e. The summed E-state index contributed by atoms with van der Waals surface area (Å²) in [5, 5.41) is 2.98. The van der Waals surface area contributed by atoms with Gasteiger partial charge in [-0.2, -0.15) is 0 Å². The smallest absolute Gasteiger partial charge is 0.243 e. The number of carbonyl (C=O) groups excluding carboxylic acids is 1. The Hall–Kier alpha value is -0.830. The van der Waals surface area contributed by atoms with Crippen molar-refractivity contribution in [2.24, 2.45) is 5.92 Å². The molecule has 0 unspecified atom stereocenters. The first-order valence-electron chi connectivity index (χ1n) is 5.19. The van der Waals surface area contributed by atoms with Crippen LogP contribution >= 0.6 is 0 Å². The van der Waals surface area contributed by atoms with Crippen molar-refractivity contribution in [2.45, 2.75) is 25.8 Å². The molecule has 0 radical (unpaired) electrons. The number of nitrogens with zero attached hydrogens (tertiary/aromatic N) is 1. The van der Waals surface area contributed by atoms with Gasteiger partial charge in [0.05, 0.1) is 0 Å². The van der Waals surface area contributed by atoms with E-state index in [1.54, 1.807) is 6.08 Å². The zero-order valence-corrected chi connectivity index (χ0v) is 9.29. The van der Waals surface area contributed by atoms with Gasteiger partial charge in [-0.25, -0.2) is 0 Å². The summed E-state index contributed by atoms with van der Waals surface area (Å²) in [5.41, 5.74) is 0. The lowest BCUT2D eigenvalue weighted by atomic mass is 9.82. The van der Waals surface area contributed by atoms with E-state index in [-0.39, 0.29) is 5.91 Å². The number of amides is 1. The number of carbonyl (C=O) groups is 1. The number of likely N-dealkylation sites (N-methyl/N-ethyl adjacent to an activating group) is 1. The fraction of sp³-hybridized carbons (Fsp3) is 0.727. The lowest BCUT2D eigenvalue weighted by molar-refractivity contribution is -0.117. The van der Waals surface area contributed by atoms with E-state index in [1.165, 1.54) is 0 Å². The fourth-order valence-electron chi connectivity index (χ4n) is 1.64. The summed E-state index contributed by atoms with van der Waals surface area (Å²) in [6.07, 6.45) is 5.78. The van der Waals surface area contributed by atoms with Gasteiger partial charge in [-0.1, -0.05) is 13.0 Å². The molecule has 1 N–H and O–H groups in total. The second-order valence-corrected chi connectivity index (χ2v) is 4.45. The highest BCUT2D eigenvalue weighted by atomic mass is 16.1. The second-order valence-electron chi connectivity index (χ2n) is 4.45. The average Bonchev–Trinajstić information content (AvgIpc) is 2.00. The van der Waals surface area contributed by atoms with Gasteiger partial charge in [-0.05, 0) is 32.9 Å². The Labute approximate surface area is 86.2 Å². The van der Waals surface area contributed by atoms with Crippen LogP contribution in [0.1, 0.15) is 19.8 Å². The summed E-state index contributed by atoms with van der Waals surface area (Å²) in [6.45, 7) is 3.03. The largest absolute Gasteiger partial charge is 0.350 e. The first-order chi connectivity index (χ1) is 6.58. The average molecular weight is 196 g/mol. The lowest BCUT2D eigenvalue weighted by Gasteiger charge is -2.32. The van der Waals surface area contributed by atoms with Crippen molar-refractivity contribution in [1.82, 2.24) is 10.2 Å². The molecule has 0 saturated heterocycles. The van der Waals surface area contributed by atoms with Gasteiger partial charge in [0, 0.05) is 18.7 Å². The first kappa shape index (κ1) is 11.2. The minimum atomic E-state index is 0.0451. The molecule has 1 rings (SSSR count). The van der Waals surface area contributed by atoms with Crippen molar-refractivity contribution >= 4 is 5.91 Å². The quantitative estimate of drug-likeness (QED) is 0.681. The van der Waals surface area contributed by atoms with Crippen molar-refractivity contribution in [1.29, 1.82) is 0 Å². The van der Waals surface area contributed by atoms with Crippen LogP contribution in [0.2, 0.25) is 0 Å². The third-order valence-electron chi connectivity index (χ3n) is 2.46. The zero-order chi connectivity index (χ0) is 10.6. The van der Waals surface area contributed by atoms with Crippen molar-refractivity contribution in [3.05, 3.63) is 12.2 Å². The second kappa shape index (κ2) is 5.15. The van der Waals surface area contributed by atoms with Crippen LogP contribution in [-0.2, 0) is 4.79 Å². The minimum Gasteiger partial charge on any atom is -0.350 e. The van der Waals surface area contributed by atoms with Crippen LogP contribution in [0.3, 0.4) is 0 Å². The molecule has 1 saturated carbocycles. The van der Waals surface area contributed by atoms with Crippen molar-refractivity contribution < 1.29 is 4.79 Å². The van der Waals surface area contributed by atoms with Crippen LogP contribution in [0, 0.1) is 5.92 Å². The molecule has 0 aromatic heterocycles. The number of nitrogens with one attached hydrogen (secondary N) is 1. The van der Waals surface area contributed by atoms with Crippen LogP contribution in [0.15, 0.2) is 12.2 Å². The molecule has 3 heteroatoms. The highest BCUT2D eigenvalue weighted by Crippen LogP contribution is 2.25. The molecule has 0 atom stereocenters. The maximum atomic E-state index is 11.3. The summed E-state index contributed by atoms with van der Waals surface area (Å²) in [7, 11) is 3.96. The molecule has 0 heterocycles. The molecule has 80 valence electrons. The summed E-state index contributed by atoms with van der Waals surface area (Å²) >= 11 is 0. The van der Waals surface area contributed by atoms with Gasteiger partial charge >= 0.3 is 0 Å². The van der Waals surface area contributed by atoms with Gasteiger partial charge in [0.1, 0.15) is 0 Å². The molecule has 1 aliphatic carbocycles. The van der Waals surface area contributed by atoms with Crippen LogP contribution in [0.25, 0.3) is 0 Å². The van der Waals surface area contributed by atoms with E-state index in [2.05, 4.69) is 12.2 Å². The molecule has 0 aromatic rings. The summed E-state index contributed by atoms with van der Waals surface area (Å²) in [4.78, 5) is 13.3. The molecule has 1 aliphatic rings. The van der Waals surface area contributed by atoms with Gasteiger partial charge in [-0.3, -0.25) is 4.79 Å². The predicted molar refractivity (Wildman–Crippen MR) is 58.0 cm³/mol.